The van der Waals surface area contributed by atoms with E-state index in [-0.39, 0.29) is 18.6 Å². The van der Waals surface area contributed by atoms with Crippen molar-refractivity contribution in [3.8, 4) is 0 Å². The minimum Gasteiger partial charge on any atom is -0.459 e. The molecular weight excluding hydrogens is 322 g/mol. The lowest BCUT2D eigenvalue weighted by Gasteiger charge is -2.27. The van der Waals surface area contributed by atoms with E-state index in [1.165, 1.54) is 4.90 Å². The number of aliphatic hydroxyl groups is 1. The predicted molar refractivity (Wildman–Crippen MR) is 95.0 cm³/mol. The zero-order chi connectivity index (χ0) is 16.8. The van der Waals surface area contributed by atoms with Crippen LogP contribution < -0.4 is 5.32 Å². The summed E-state index contributed by atoms with van der Waals surface area (Å²) in [5, 5.41) is 12.3. The van der Waals surface area contributed by atoms with E-state index in [1.54, 1.807) is 18.0 Å². The molecule has 1 aliphatic rings. The molecule has 1 aromatic heterocycles. The van der Waals surface area contributed by atoms with Crippen molar-refractivity contribution in [1.29, 1.82) is 0 Å². The Labute approximate surface area is 146 Å². The maximum atomic E-state index is 12.5. The summed E-state index contributed by atoms with van der Waals surface area (Å²) in [5.41, 5.74) is 0.922. The van der Waals surface area contributed by atoms with Crippen LogP contribution in [0.15, 0.2) is 52.0 Å². The van der Waals surface area contributed by atoms with E-state index in [4.69, 9.17) is 4.42 Å². The molecule has 128 valence electrons. The van der Waals surface area contributed by atoms with Gasteiger partial charge >= 0.3 is 0 Å². The molecule has 24 heavy (non-hydrogen) atoms. The topological polar surface area (TPSA) is 62.5 Å². The Morgan fingerprint density at radius 2 is 1.92 bits per heavy atom. The predicted octanol–water partition coefficient (Wildman–Crippen LogP) is 3.85. The number of furan rings is 1. The van der Waals surface area contributed by atoms with Gasteiger partial charge < -0.3 is 14.8 Å². The first-order valence-electron chi connectivity index (χ1n) is 8.42. The monoisotopic (exact) mass is 345 g/mol. The second kappa shape index (κ2) is 8.40. The molecule has 1 saturated carbocycles. The van der Waals surface area contributed by atoms with Crippen LogP contribution in [0.1, 0.15) is 41.8 Å². The fourth-order valence-electron chi connectivity index (χ4n) is 3.07. The van der Waals surface area contributed by atoms with E-state index < -0.39 is 0 Å². The minimum absolute atomic E-state index is 0.129. The molecule has 3 rings (SSSR count). The molecule has 4 nitrogen and oxygen atoms in total. The Morgan fingerprint density at radius 3 is 2.62 bits per heavy atom. The van der Waals surface area contributed by atoms with Gasteiger partial charge in [-0.1, -0.05) is 18.2 Å². The molecule has 1 amide bonds. The van der Waals surface area contributed by atoms with Gasteiger partial charge in [0.15, 0.2) is 5.76 Å². The highest BCUT2D eigenvalue weighted by molar-refractivity contribution is 7.98. The Balaban J connectivity index is 1.55. The second-order valence-electron chi connectivity index (χ2n) is 6.25. The van der Waals surface area contributed by atoms with Gasteiger partial charge in [0.05, 0.1) is 6.26 Å². The summed E-state index contributed by atoms with van der Waals surface area (Å²) in [4.78, 5) is 13.7. The Morgan fingerprint density at radius 1 is 1.17 bits per heavy atom. The van der Waals surface area contributed by atoms with Crippen molar-refractivity contribution in [2.45, 2.75) is 42.4 Å². The van der Waals surface area contributed by atoms with Crippen LogP contribution >= 0.6 is 11.8 Å². The highest BCUT2D eigenvalue weighted by Gasteiger charge is 2.24. The molecule has 2 N–H and O–H groups in total. The first-order valence-corrected chi connectivity index (χ1v) is 9.40. The summed E-state index contributed by atoms with van der Waals surface area (Å²) < 4.78 is 5.43. The molecule has 0 aliphatic heterocycles. The zero-order valence-corrected chi connectivity index (χ0v) is 14.4. The maximum absolute atomic E-state index is 12.5. The van der Waals surface area contributed by atoms with Crippen LogP contribution in [-0.2, 0) is 5.75 Å². The highest BCUT2D eigenvalue weighted by Crippen LogP contribution is 2.26. The van der Waals surface area contributed by atoms with Gasteiger partial charge in [0.2, 0.25) is 0 Å². The molecule has 1 aliphatic carbocycles. The number of thioether (sulfide) groups is 1. The van der Waals surface area contributed by atoms with Crippen LogP contribution in [-0.4, -0.2) is 23.7 Å². The summed E-state index contributed by atoms with van der Waals surface area (Å²) in [6.45, 7) is 0.250. The SMILES string of the molecule is O=C(NC1CCC(CO)CC1)c1occc1CSc1ccccc1. The number of carbonyl (C=O) groups excluding carboxylic acids is 1. The molecule has 0 bridgehead atoms. The number of hydrogen-bond acceptors (Lipinski definition) is 4. The molecule has 1 aromatic carbocycles. The first kappa shape index (κ1) is 17.1. The van der Waals surface area contributed by atoms with Crippen molar-refractivity contribution >= 4 is 17.7 Å². The largest absolute Gasteiger partial charge is 0.459 e. The van der Waals surface area contributed by atoms with Gasteiger partial charge in [0.25, 0.3) is 5.91 Å². The molecule has 0 radical (unpaired) electrons. The quantitative estimate of drug-likeness (QED) is 0.781. The van der Waals surface area contributed by atoms with E-state index in [0.717, 1.165) is 31.2 Å². The van der Waals surface area contributed by atoms with E-state index in [2.05, 4.69) is 17.4 Å². The molecule has 0 spiro atoms. The summed E-state index contributed by atoms with van der Waals surface area (Å²) in [7, 11) is 0. The summed E-state index contributed by atoms with van der Waals surface area (Å²) in [6, 6.07) is 12.2. The number of hydrogen-bond donors (Lipinski definition) is 2. The molecule has 1 heterocycles. The van der Waals surface area contributed by atoms with Crippen LogP contribution in [0, 0.1) is 5.92 Å². The lowest BCUT2D eigenvalue weighted by atomic mass is 9.86. The van der Waals surface area contributed by atoms with Crippen molar-refractivity contribution in [2.24, 2.45) is 5.92 Å². The molecule has 1 fully saturated rings. The van der Waals surface area contributed by atoms with Gasteiger partial charge in [-0.3, -0.25) is 4.79 Å². The number of amides is 1. The number of rotatable bonds is 6. The second-order valence-corrected chi connectivity index (χ2v) is 7.30. The van der Waals surface area contributed by atoms with Crippen LogP contribution in [0.25, 0.3) is 0 Å². The molecule has 0 saturated heterocycles. The summed E-state index contributed by atoms with van der Waals surface area (Å²) in [6.07, 6.45) is 5.36. The Kier molecular flexibility index (Phi) is 5.99. The number of benzene rings is 1. The molecule has 2 aromatic rings. The Bertz CT molecular complexity index is 648. The third-order valence-electron chi connectivity index (χ3n) is 4.53. The smallest absolute Gasteiger partial charge is 0.287 e. The lowest BCUT2D eigenvalue weighted by molar-refractivity contribution is 0.0885. The number of aliphatic hydroxyl groups excluding tert-OH is 1. The van der Waals surface area contributed by atoms with E-state index in [0.29, 0.717) is 17.4 Å². The van der Waals surface area contributed by atoms with Crippen LogP contribution in [0.5, 0.6) is 0 Å². The van der Waals surface area contributed by atoms with Crippen molar-refractivity contribution in [3.05, 3.63) is 54.0 Å². The maximum Gasteiger partial charge on any atom is 0.287 e. The van der Waals surface area contributed by atoms with E-state index in [1.807, 2.05) is 24.3 Å². The minimum atomic E-state index is -0.129. The highest BCUT2D eigenvalue weighted by atomic mass is 32.2. The van der Waals surface area contributed by atoms with E-state index in [9.17, 15) is 9.90 Å². The van der Waals surface area contributed by atoms with E-state index >= 15 is 0 Å². The molecule has 5 heteroatoms. The van der Waals surface area contributed by atoms with Crippen molar-refractivity contribution in [2.75, 3.05) is 6.61 Å². The van der Waals surface area contributed by atoms with Gasteiger partial charge in [-0.25, -0.2) is 0 Å². The van der Waals surface area contributed by atoms with Crippen molar-refractivity contribution in [1.82, 2.24) is 5.32 Å². The first-order chi connectivity index (χ1) is 11.8. The third kappa shape index (κ3) is 4.42. The lowest BCUT2D eigenvalue weighted by Crippen LogP contribution is -2.38. The fourth-order valence-corrected chi connectivity index (χ4v) is 3.97. The Hall–Kier alpha value is -1.72. The van der Waals surface area contributed by atoms with Crippen molar-refractivity contribution < 1.29 is 14.3 Å². The zero-order valence-electron chi connectivity index (χ0n) is 13.6. The van der Waals surface area contributed by atoms with Gasteiger partial charge in [0, 0.05) is 28.9 Å². The fraction of sp³-hybridized carbons (Fsp3) is 0.421. The van der Waals surface area contributed by atoms with Gasteiger partial charge in [-0.05, 0) is 49.8 Å². The molecule has 0 atom stereocenters. The number of carbonyl (C=O) groups is 1. The van der Waals surface area contributed by atoms with Crippen molar-refractivity contribution in [3.63, 3.8) is 0 Å². The normalized spacial score (nSPS) is 20.7. The van der Waals surface area contributed by atoms with Crippen LogP contribution in [0.4, 0.5) is 0 Å². The summed E-state index contributed by atoms with van der Waals surface area (Å²) in [5.74, 6) is 1.39. The van der Waals surface area contributed by atoms with Gasteiger partial charge in [-0.15, -0.1) is 11.8 Å². The number of nitrogens with one attached hydrogen (secondary N) is 1. The van der Waals surface area contributed by atoms with Gasteiger partial charge in [-0.2, -0.15) is 0 Å². The third-order valence-corrected chi connectivity index (χ3v) is 5.59. The average Bonchev–Trinajstić information content (AvgIpc) is 3.10. The molecule has 0 unspecified atom stereocenters. The van der Waals surface area contributed by atoms with Crippen LogP contribution in [0.2, 0.25) is 0 Å². The average molecular weight is 345 g/mol. The summed E-state index contributed by atoms with van der Waals surface area (Å²) >= 11 is 1.69. The molecular formula is C19H23NO3S. The van der Waals surface area contributed by atoms with Gasteiger partial charge in [0.1, 0.15) is 0 Å². The standard InChI is InChI=1S/C19H23NO3S/c21-12-14-6-8-16(9-7-14)20-19(22)18-15(10-11-23-18)13-24-17-4-2-1-3-5-17/h1-5,10-11,14,16,21H,6-9,12-13H2,(H,20,22). The van der Waals surface area contributed by atoms with Crippen LogP contribution in [0.3, 0.4) is 0 Å².